The van der Waals surface area contributed by atoms with E-state index in [0.717, 1.165) is 10.5 Å². The molecule has 2 N–H and O–H groups in total. The molecule has 4 aromatic rings. The summed E-state index contributed by atoms with van der Waals surface area (Å²) < 4.78 is 5.66. The molecule has 7 heteroatoms. The third-order valence-electron chi connectivity index (χ3n) is 4.90. The third kappa shape index (κ3) is 6.07. The van der Waals surface area contributed by atoms with Crippen LogP contribution >= 0.6 is 23.1 Å². The molecule has 0 aliphatic carbocycles. The molecule has 172 valence electrons. The number of thioether (sulfide) groups is 1. The molecular weight excluding hydrogens is 464 g/mol. The number of benzene rings is 3. The van der Waals surface area contributed by atoms with Crippen molar-refractivity contribution in [3.8, 4) is 5.75 Å². The molecule has 0 fully saturated rings. The standard InChI is InChI=1S/C27H24N2O3S2/c1-2-32-23-12-7-6-11-22(23)29-27(31)25(19-9-4-3-5-10-19)34-21-16-14-20(15-17-21)28-26(30)24-13-8-18-33-24/h3-18,25H,2H2,1H3,(H,28,30)(H,29,31). The SMILES string of the molecule is CCOc1ccccc1NC(=O)C(Sc1ccc(NC(=O)c2cccs2)cc1)c1ccccc1. The van der Waals surface area contributed by atoms with E-state index >= 15 is 0 Å². The van der Waals surface area contributed by atoms with E-state index in [2.05, 4.69) is 10.6 Å². The molecule has 0 bridgehead atoms. The molecule has 34 heavy (non-hydrogen) atoms. The minimum absolute atomic E-state index is 0.134. The summed E-state index contributed by atoms with van der Waals surface area (Å²) in [6.07, 6.45) is 0. The summed E-state index contributed by atoms with van der Waals surface area (Å²) in [5.74, 6) is 0.365. The Morgan fingerprint density at radius 1 is 0.882 bits per heavy atom. The van der Waals surface area contributed by atoms with E-state index in [9.17, 15) is 9.59 Å². The van der Waals surface area contributed by atoms with E-state index < -0.39 is 5.25 Å². The molecule has 1 atom stereocenters. The second-order valence-corrected chi connectivity index (χ2v) is 9.41. The van der Waals surface area contributed by atoms with Gasteiger partial charge in [0, 0.05) is 10.6 Å². The van der Waals surface area contributed by atoms with E-state index in [4.69, 9.17) is 4.74 Å². The predicted octanol–water partition coefficient (Wildman–Crippen LogP) is 6.87. The highest BCUT2D eigenvalue weighted by molar-refractivity contribution is 8.00. The van der Waals surface area contributed by atoms with Crippen LogP contribution in [0.5, 0.6) is 5.75 Å². The van der Waals surface area contributed by atoms with Gasteiger partial charge in [-0.2, -0.15) is 0 Å². The van der Waals surface area contributed by atoms with Crippen LogP contribution in [0.15, 0.2) is 101 Å². The van der Waals surface area contributed by atoms with Crippen LogP contribution in [0, 0.1) is 0 Å². The number of ether oxygens (including phenoxy) is 1. The zero-order valence-corrected chi connectivity index (χ0v) is 20.2. The molecule has 2 amide bonds. The van der Waals surface area contributed by atoms with Crippen molar-refractivity contribution in [2.24, 2.45) is 0 Å². The van der Waals surface area contributed by atoms with Crippen molar-refractivity contribution in [3.63, 3.8) is 0 Å². The monoisotopic (exact) mass is 488 g/mol. The van der Waals surface area contributed by atoms with Crippen LogP contribution in [0.1, 0.15) is 27.4 Å². The van der Waals surface area contributed by atoms with Crippen LogP contribution in [-0.2, 0) is 4.79 Å². The Kier molecular flexibility index (Phi) is 8.01. The number of nitrogens with one attached hydrogen (secondary N) is 2. The van der Waals surface area contributed by atoms with Crippen LogP contribution in [0.25, 0.3) is 0 Å². The van der Waals surface area contributed by atoms with Crippen molar-refractivity contribution in [2.75, 3.05) is 17.2 Å². The maximum Gasteiger partial charge on any atom is 0.265 e. The lowest BCUT2D eigenvalue weighted by Gasteiger charge is -2.18. The number of amides is 2. The van der Waals surface area contributed by atoms with Gasteiger partial charge in [-0.1, -0.05) is 48.5 Å². The fourth-order valence-electron chi connectivity index (χ4n) is 3.30. The van der Waals surface area contributed by atoms with Gasteiger partial charge in [-0.25, -0.2) is 0 Å². The van der Waals surface area contributed by atoms with Crippen molar-refractivity contribution in [3.05, 3.63) is 107 Å². The predicted molar refractivity (Wildman–Crippen MR) is 140 cm³/mol. The minimum atomic E-state index is -0.470. The molecule has 0 saturated carbocycles. The molecule has 0 spiro atoms. The Morgan fingerprint density at radius 3 is 2.32 bits per heavy atom. The van der Waals surface area contributed by atoms with Crippen LogP contribution in [-0.4, -0.2) is 18.4 Å². The van der Waals surface area contributed by atoms with E-state index in [-0.39, 0.29) is 11.8 Å². The van der Waals surface area contributed by atoms with Crippen LogP contribution in [0.2, 0.25) is 0 Å². The van der Waals surface area contributed by atoms with E-state index in [1.165, 1.54) is 23.1 Å². The molecule has 1 aromatic heterocycles. The van der Waals surface area contributed by atoms with E-state index in [1.54, 1.807) is 6.07 Å². The summed E-state index contributed by atoms with van der Waals surface area (Å²) in [6.45, 7) is 2.42. The summed E-state index contributed by atoms with van der Waals surface area (Å²) >= 11 is 2.85. The molecule has 3 aromatic carbocycles. The van der Waals surface area contributed by atoms with Gasteiger partial charge in [0.05, 0.1) is 17.2 Å². The Balaban J connectivity index is 1.51. The first-order chi connectivity index (χ1) is 16.6. The van der Waals surface area contributed by atoms with Crippen molar-refractivity contribution in [2.45, 2.75) is 17.1 Å². The molecule has 0 radical (unpaired) electrons. The van der Waals surface area contributed by atoms with Crippen LogP contribution in [0.4, 0.5) is 11.4 Å². The van der Waals surface area contributed by atoms with Gasteiger partial charge < -0.3 is 15.4 Å². The number of hydrogen-bond acceptors (Lipinski definition) is 5. The quantitative estimate of drug-likeness (QED) is 0.252. The second kappa shape index (κ2) is 11.5. The fourth-order valence-corrected chi connectivity index (χ4v) is 4.95. The third-order valence-corrected chi connectivity index (χ3v) is 7.03. The molecule has 5 nitrogen and oxygen atoms in total. The van der Waals surface area contributed by atoms with Crippen molar-refractivity contribution < 1.29 is 14.3 Å². The first kappa shape index (κ1) is 23.6. The first-order valence-corrected chi connectivity index (χ1v) is 12.6. The Bertz CT molecular complexity index is 1230. The number of thiophene rings is 1. The zero-order valence-electron chi connectivity index (χ0n) is 18.6. The Labute approximate surface area is 207 Å². The van der Waals surface area contributed by atoms with Gasteiger partial charge in [0.25, 0.3) is 5.91 Å². The number of hydrogen-bond donors (Lipinski definition) is 2. The molecule has 4 rings (SSSR count). The molecule has 1 heterocycles. The van der Waals surface area contributed by atoms with Gasteiger partial charge in [0.2, 0.25) is 5.91 Å². The topological polar surface area (TPSA) is 67.4 Å². The molecule has 0 saturated heterocycles. The normalized spacial score (nSPS) is 11.4. The smallest absolute Gasteiger partial charge is 0.265 e. The summed E-state index contributed by atoms with van der Waals surface area (Å²) in [5, 5.41) is 7.33. The van der Waals surface area contributed by atoms with Gasteiger partial charge in [0.1, 0.15) is 11.0 Å². The molecule has 0 aliphatic rings. The van der Waals surface area contributed by atoms with Gasteiger partial charge in [-0.05, 0) is 60.3 Å². The lowest BCUT2D eigenvalue weighted by molar-refractivity contribution is -0.115. The maximum atomic E-state index is 13.4. The summed E-state index contributed by atoms with van der Waals surface area (Å²) in [7, 11) is 0. The summed E-state index contributed by atoms with van der Waals surface area (Å²) in [5.41, 5.74) is 2.24. The molecule has 1 unspecified atom stereocenters. The van der Waals surface area contributed by atoms with E-state index in [1.807, 2.05) is 97.2 Å². The van der Waals surface area contributed by atoms with Crippen molar-refractivity contribution in [1.82, 2.24) is 0 Å². The van der Waals surface area contributed by atoms with Gasteiger partial charge in [-0.3, -0.25) is 9.59 Å². The Morgan fingerprint density at radius 2 is 1.62 bits per heavy atom. The number of carbonyl (C=O) groups is 2. The number of para-hydroxylation sites is 2. The maximum absolute atomic E-state index is 13.4. The highest BCUT2D eigenvalue weighted by Gasteiger charge is 2.23. The van der Waals surface area contributed by atoms with Crippen LogP contribution in [0.3, 0.4) is 0 Å². The lowest BCUT2D eigenvalue weighted by atomic mass is 10.1. The largest absolute Gasteiger partial charge is 0.492 e. The zero-order chi connectivity index (χ0) is 23.8. The number of anilines is 2. The molecular formula is C27H24N2O3S2. The van der Waals surface area contributed by atoms with Crippen LogP contribution < -0.4 is 15.4 Å². The van der Waals surface area contributed by atoms with Crippen molar-refractivity contribution in [1.29, 1.82) is 0 Å². The Hall–Kier alpha value is -3.55. The summed E-state index contributed by atoms with van der Waals surface area (Å²) in [4.78, 5) is 27.2. The lowest BCUT2D eigenvalue weighted by Crippen LogP contribution is -2.19. The number of rotatable bonds is 9. The summed E-state index contributed by atoms with van der Waals surface area (Å²) in [6, 6.07) is 28.2. The van der Waals surface area contributed by atoms with Gasteiger partial charge in [0.15, 0.2) is 0 Å². The average molecular weight is 489 g/mol. The van der Waals surface area contributed by atoms with Gasteiger partial charge >= 0.3 is 0 Å². The highest BCUT2D eigenvalue weighted by Crippen LogP contribution is 2.37. The number of carbonyl (C=O) groups excluding carboxylic acids is 2. The van der Waals surface area contributed by atoms with E-state index in [0.29, 0.717) is 28.6 Å². The van der Waals surface area contributed by atoms with Crippen molar-refractivity contribution >= 4 is 46.3 Å². The minimum Gasteiger partial charge on any atom is -0.492 e. The van der Waals surface area contributed by atoms with Gasteiger partial charge in [-0.15, -0.1) is 23.1 Å². The first-order valence-electron chi connectivity index (χ1n) is 10.8. The highest BCUT2D eigenvalue weighted by atomic mass is 32.2. The average Bonchev–Trinajstić information content (AvgIpc) is 3.41. The molecule has 0 aliphatic heterocycles. The second-order valence-electron chi connectivity index (χ2n) is 7.28. The fraction of sp³-hybridized carbons (Fsp3) is 0.111.